The van der Waals surface area contributed by atoms with E-state index in [1.807, 2.05) is 0 Å². The Kier molecular flexibility index (Phi) is 4.93. The van der Waals surface area contributed by atoms with E-state index >= 15 is 0 Å². The third-order valence-corrected chi connectivity index (χ3v) is 4.92. The molecule has 132 valence electrons. The molecule has 0 heterocycles. The zero-order valence-corrected chi connectivity index (χ0v) is 14.5. The van der Waals surface area contributed by atoms with Crippen molar-refractivity contribution >= 4 is 11.6 Å². The van der Waals surface area contributed by atoms with Crippen LogP contribution < -0.4 is 14.8 Å². The fourth-order valence-electron chi connectivity index (χ4n) is 3.61. The van der Waals surface area contributed by atoms with Gasteiger partial charge in [0.25, 0.3) is 0 Å². The lowest BCUT2D eigenvalue weighted by atomic mass is 9.77. The second-order valence-electron chi connectivity index (χ2n) is 6.29. The summed E-state index contributed by atoms with van der Waals surface area (Å²) in [5.41, 5.74) is 0.258. The Labute approximate surface area is 147 Å². The molecular formula is C20H22FNO3. The van der Waals surface area contributed by atoms with Gasteiger partial charge in [0.1, 0.15) is 5.82 Å². The molecule has 2 aromatic rings. The molecule has 0 radical (unpaired) electrons. The predicted octanol–water partition coefficient (Wildman–Crippen LogP) is 4.29. The van der Waals surface area contributed by atoms with Crippen LogP contribution in [-0.4, -0.2) is 20.1 Å². The Bertz CT molecular complexity index is 769. The molecule has 25 heavy (non-hydrogen) atoms. The summed E-state index contributed by atoms with van der Waals surface area (Å²) in [6.07, 6.45) is 3.11. The molecule has 4 nitrogen and oxygen atoms in total. The van der Waals surface area contributed by atoms with E-state index in [0.29, 0.717) is 35.6 Å². The highest BCUT2D eigenvalue weighted by molar-refractivity contribution is 5.99. The number of halogens is 1. The Morgan fingerprint density at radius 2 is 1.72 bits per heavy atom. The maximum atomic E-state index is 14.4. The van der Waals surface area contributed by atoms with E-state index in [4.69, 9.17) is 9.47 Å². The fourth-order valence-corrected chi connectivity index (χ4v) is 3.61. The van der Waals surface area contributed by atoms with Crippen molar-refractivity contribution in [3.63, 3.8) is 0 Å². The SMILES string of the molecule is COc1ccc(NC(=O)C2(c3ccccc3F)CCCC2)cc1OC. The number of anilines is 1. The van der Waals surface area contributed by atoms with Gasteiger partial charge in [-0.05, 0) is 31.0 Å². The minimum absolute atomic E-state index is 0.178. The number of hydrogen-bond donors (Lipinski definition) is 1. The van der Waals surface area contributed by atoms with Gasteiger partial charge in [-0.3, -0.25) is 4.79 Å². The van der Waals surface area contributed by atoms with Gasteiger partial charge in [-0.15, -0.1) is 0 Å². The monoisotopic (exact) mass is 343 g/mol. The van der Waals surface area contributed by atoms with Gasteiger partial charge in [-0.25, -0.2) is 4.39 Å². The third kappa shape index (κ3) is 3.18. The number of rotatable bonds is 5. The predicted molar refractivity (Wildman–Crippen MR) is 94.7 cm³/mol. The average Bonchev–Trinajstić information content (AvgIpc) is 3.13. The molecule has 0 spiro atoms. The lowest BCUT2D eigenvalue weighted by Gasteiger charge is -2.28. The van der Waals surface area contributed by atoms with Crippen molar-refractivity contribution in [3.8, 4) is 11.5 Å². The Morgan fingerprint density at radius 3 is 2.36 bits per heavy atom. The van der Waals surface area contributed by atoms with Gasteiger partial charge in [0.05, 0.1) is 19.6 Å². The molecular weight excluding hydrogens is 321 g/mol. The summed E-state index contributed by atoms with van der Waals surface area (Å²) < 4.78 is 24.9. The number of carbonyl (C=O) groups excluding carboxylic acids is 1. The Hall–Kier alpha value is -2.56. The number of nitrogens with one attached hydrogen (secondary N) is 1. The van der Waals surface area contributed by atoms with E-state index in [1.54, 1.807) is 50.6 Å². The zero-order chi connectivity index (χ0) is 17.9. The van der Waals surface area contributed by atoms with Crippen LogP contribution in [-0.2, 0) is 10.2 Å². The molecule has 1 aliphatic carbocycles. The molecule has 2 aromatic carbocycles. The van der Waals surface area contributed by atoms with Crippen molar-refractivity contribution in [2.24, 2.45) is 0 Å². The van der Waals surface area contributed by atoms with Crippen molar-refractivity contribution in [2.75, 3.05) is 19.5 Å². The topological polar surface area (TPSA) is 47.6 Å². The minimum atomic E-state index is -0.821. The fraction of sp³-hybridized carbons (Fsp3) is 0.350. The smallest absolute Gasteiger partial charge is 0.235 e. The molecule has 1 amide bonds. The molecule has 0 atom stereocenters. The van der Waals surface area contributed by atoms with Crippen LogP contribution in [0.2, 0.25) is 0 Å². The first-order valence-electron chi connectivity index (χ1n) is 8.39. The first-order valence-corrected chi connectivity index (χ1v) is 8.39. The van der Waals surface area contributed by atoms with Gasteiger partial charge in [0.2, 0.25) is 5.91 Å². The Morgan fingerprint density at radius 1 is 1.04 bits per heavy atom. The van der Waals surface area contributed by atoms with Crippen LogP contribution in [0.5, 0.6) is 11.5 Å². The molecule has 1 N–H and O–H groups in total. The zero-order valence-electron chi connectivity index (χ0n) is 14.5. The van der Waals surface area contributed by atoms with Crippen LogP contribution in [0.1, 0.15) is 31.2 Å². The van der Waals surface area contributed by atoms with Crippen LogP contribution in [0.3, 0.4) is 0 Å². The molecule has 3 rings (SSSR count). The van der Waals surface area contributed by atoms with Gasteiger partial charge < -0.3 is 14.8 Å². The maximum absolute atomic E-state index is 14.4. The van der Waals surface area contributed by atoms with Crippen molar-refractivity contribution in [3.05, 3.63) is 53.8 Å². The van der Waals surface area contributed by atoms with Crippen LogP contribution in [0.4, 0.5) is 10.1 Å². The minimum Gasteiger partial charge on any atom is -0.493 e. The number of hydrogen-bond acceptors (Lipinski definition) is 3. The van der Waals surface area contributed by atoms with E-state index in [2.05, 4.69) is 5.32 Å². The van der Waals surface area contributed by atoms with Gasteiger partial charge in [-0.1, -0.05) is 31.0 Å². The molecule has 0 saturated heterocycles. The lowest BCUT2D eigenvalue weighted by Crippen LogP contribution is -2.38. The van der Waals surface area contributed by atoms with E-state index in [9.17, 15) is 9.18 Å². The molecule has 0 aromatic heterocycles. The van der Waals surface area contributed by atoms with E-state index in [1.165, 1.54) is 6.07 Å². The van der Waals surface area contributed by atoms with E-state index < -0.39 is 5.41 Å². The summed E-state index contributed by atoms with van der Waals surface area (Å²) in [7, 11) is 3.10. The molecule has 0 aliphatic heterocycles. The van der Waals surface area contributed by atoms with Gasteiger partial charge in [-0.2, -0.15) is 0 Å². The largest absolute Gasteiger partial charge is 0.493 e. The van der Waals surface area contributed by atoms with Gasteiger partial charge in [0, 0.05) is 17.3 Å². The Balaban J connectivity index is 1.91. The number of carbonyl (C=O) groups is 1. The third-order valence-electron chi connectivity index (χ3n) is 4.92. The van der Waals surface area contributed by atoms with Gasteiger partial charge >= 0.3 is 0 Å². The summed E-state index contributed by atoms with van der Waals surface area (Å²) in [4.78, 5) is 13.1. The highest BCUT2D eigenvalue weighted by Gasteiger charge is 2.44. The van der Waals surface area contributed by atoms with Crippen molar-refractivity contribution in [1.82, 2.24) is 0 Å². The highest BCUT2D eigenvalue weighted by atomic mass is 19.1. The van der Waals surface area contributed by atoms with Crippen molar-refractivity contribution in [1.29, 1.82) is 0 Å². The lowest BCUT2D eigenvalue weighted by molar-refractivity contribution is -0.121. The van der Waals surface area contributed by atoms with E-state index in [0.717, 1.165) is 12.8 Å². The summed E-state index contributed by atoms with van der Waals surface area (Å²) in [5.74, 6) is 0.617. The van der Waals surface area contributed by atoms with Crippen LogP contribution in [0.15, 0.2) is 42.5 Å². The molecule has 5 heteroatoms. The first kappa shape index (κ1) is 17.3. The van der Waals surface area contributed by atoms with Crippen molar-refractivity contribution in [2.45, 2.75) is 31.1 Å². The number of methoxy groups -OCH3 is 2. The summed E-state index contributed by atoms with van der Waals surface area (Å²) in [5, 5.41) is 2.94. The highest BCUT2D eigenvalue weighted by Crippen LogP contribution is 2.43. The van der Waals surface area contributed by atoms with Crippen LogP contribution in [0, 0.1) is 5.82 Å². The molecule has 0 unspecified atom stereocenters. The standard InChI is InChI=1S/C20H22FNO3/c1-24-17-10-9-14(13-18(17)25-2)22-19(23)20(11-5-6-12-20)15-7-3-4-8-16(15)21/h3-4,7-10,13H,5-6,11-12H2,1-2H3,(H,22,23). The number of amides is 1. The van der Waals surface area contributed by atoms with Crippen LogP contribution in [0.25, 0.3) is 0 Å². The average molecular weight is 343 g/mol. The number of benzene rings is 2. The van der Waals surface area contributed by atoms with E-state index in [-0.39, 0.29) is 11.7 Å². The quantitative estimate of drug-likeness (QED) is 0.881. The van der Waals surface area contributed by atoms with Crippen LogP contribution >= 0.6 is 0 Å². The number of ether oxygens (including phenoxy) is 2. The second-order valence-corrected chi connectivity index (χ2v) is 6.29. The first-order chi connectivity index (χ1) is 12.1. The van der Waals surface area contributed by atoms with Crippen molar-refractivity contribution < 1.29 is 18.7 Å². The molecule has 0 bridgehead atoms. The summed E-state index contributed by atoms with van der Waals surface area (Å²) in [6.45, 7) is 0. The summed E-state index contributed by atoms with van der Waals surface area (Å²) >= 11 is 0. The summed E-state index contributed by atoms with van der Waals surface area (Å²) in [6, 6.07) is 11.8. The molecule has 1 saturated carbocycles. The normalized spacial score (nSPS) is 15.6. The maximum Gasteiger partial charge on any atom is 0.235 e. The van der Waals surface area contributed by atoms with Gasteiger partial charge in [0.15, 0.2) is 11.5 Å². The molecule has 1 aliphatic rings. The second kappa shape index (κ2) is 7.13. The molecule has 1 fully saturated rings.